The molecule has 0 aliphatic heterocycles. The van der Waals surface area contributed by atoms with Gasteiger partial charge in [0, 0.05) is 34.7 Å². The Balaban J connectivity index is 1.79. The molecule has 1 N–H and O–H groups in total. The lowest BCUT2D eigenvalue weighted by atomic mass is 10.1. The Kier molecular flexibility index (Phi) is 5.44. The van der Waals surface area contributed by atoms with Gasteiger partial charge in [0.2, 0.25) is 5.91 Å². The van der Waals surface area contributed by atoms with Gasteiger partial charge in [0.15, 0.2) is 5.78 Å². The van der Waals surface area contributed by atoms with E-state index in [0.717, 1.165) is 15.3 Å². The number of carbonyl (C=O) groups is 2. The molecular weight excluding hydrogens is 301 g/mol. The smallest absolute Gasteiger partial charge is 0.220 e. The molecule has 0 saturated heterocycles. The van der Waals surface area contributed by atoms with Crippen molar-refractivity contribution < 1.29 is 14.0 Å². The molecule has 0 fully saturated rings. The van der Waals surface area contributed by atoms with E-state index < -0.39 is 0 Å². The van der Waals surface area contributed by atoms with Gasteiger partial charge < -0.3 is 5.32 Å². The predicted octanol–water partition coefficient (Wildman–Crippen LogP) is 3.78. The summed E-state index contributed by atoms with van der Waals surface area (Å²) in [6.45, 7) is 4.22. The molecule has 2 aromatic rings. The largest absolute Gasteiger partial charge is 0.352 e. The maximum absolute atomic E-state index is 12.8. The SMILES string of the molecule is Cc1cc(C(=O)CCC(=O)NCc2ccc(F)cc2)c(C)s1. The van der Waals surface area contributed by atoms with Crippen molar-refractivity contribution in [2.24, 2.45) is 0 Å². The number of nitrogens with one attached hydrogen (secondary N) is 1. The summed E-state index contributed by atoms with van der Waals surface area (Å²) in [7, 11) is 0. The first-order valence-electron chi connectivity index (χ1n) is 7.07. The number of aryl methyl sites for hydroxylation is 2. The standard InChI is InChI=1S/C17H18FNO2S/c1-11-9-15(12(2)22-11)16(20)7-8-17(21)19-10-13-3-5-14(18)6-4-13/h3-6,9H,7-8,10H2,1-2H3,(H,19,21). The van der Waals surface area contributed by atoms with Crippen LogP contribution in [0.25, 0.3) is 0 Å². The fraction of sp³-hybridized carbons (Fsp3) is 0.294. The number of hydrogen-bond acceptors (Lipinski definition) is 3. The molecule has 0 bridgehead atoms. The monoisotopic (exact) mass is 319 g/mol. The van der Waals surface area contributed by atoms with Gasteiger partial charge in [-0.1, -0.05) is 12.1 Å². The number of benzene rings is 1. The summed E-state index contributed by atoms with van der Waals surface area (Å²) in [5, 5.41) is 2.73. The van der Waals surface area contributed by atoms with Crippen LogP contribution >= 0.6 is 11.3 Å². The molecule has 0 saturated carbocycles. The summed E-state index contributed by atoms with van der Waals surface area (Å²) in [5.74, 6) is -0.483. The van der Waals surface area contributed by atoms with Crippen molar-refractivity contribution in [1.82, 2.24) is 5.32 Å². The number of hydrogen-bond donors (Lipinski definition) is 1. The van der Waals surface area contributed by atoms with Gasteiger partial charge in [-0.25, -0.2) is 4.39 Å². The van der Waals surface area contributed by atoms with Crippen LogP contribution in [0.1, 0.15) is 38.5 Å². The third-order valence-corrected chi connectivity index (χ3v) is 4.29. The van der Waals surface area contributed by atoms with Crippen molar-refractivity contribution in [3.63, 3.8) is 0 Å². The summed E-state index contributed by atoms with van der Waals surface area (Å²) < 4.78 is 12.8. The van der Waals surface area contributed by atoms with Gasteiger partial charge in [-0.3, -0.25) is 9.59 Å². The van der Waals surface area contributed by atoms with Crippen molar-refractivity contribution in [3.8, 4) is 0 Å². The summed E-state index contributed by atoms with van der Waals surface area (Å²) in [4.78, 5) is 25.9. The first-order chi connectivity index (χ1) is 10.5. The summed E-state index contributed by atoms with van der Waals surface area (Å²) in [6.07, 6.45) is 0.362. The Morgan fingerprint density at radius 3 is 2.41 bits per heavy atom. The average molecular weight is 319 g/mol. The van der Waals surface area contributed by atoms with Crippen LogP contribution in [0.5, 0.6) is 0 Å². The number of rotatable bonds is 6. The quantitative estimate of drug-likeness (QED) is 0.824. The topological polar surface area (TPSA) is 46.2 Å². The number of amides is 1. The van der Waals surface area contributed by atoms with Crippen LogP contribution < -0.4 is 5.32 Å². The minimum atomic E-state index is -0.304. The van der Waals surface area contributed by atoms with E-state index in [1.165, 1.54) is 12.1 Å². The third kappa shape index (κ3) is 4.49. The normalized spacial score (nSPS) is 10.5. The van der Waals surface area contributed by atoms with E-state index in [2.05, 4.69) is 5.32 Å². The Labute approximate surface area is 133 Å². The molecule has 1 aromatic carbocycles. The van der Waals surface area contributed by atoms with Crippen LogP contribution in [0.4, 0.5) is 4.39 Å². The van der Waals surface area contributed by atoms with Gasteiger partial charge in [0.05, 0.1) is 0 Å². The van der Waals surface area contributed by atoms with E-state index in [9.17, 15) is 14.0 Å². The van der Waals surface area contributed by atoms with E-state index >= 15 is 0 Å². The van der Waals surface area contributed by atoms with Gasteiger partial charge in [0.1, 0.15) is 5.82 Å². The lowest BCUT2D eigenvalue weighted by Gasteiger charge is -2.05. The first-order valence-corrected chi connectivity index (χ1v) is 7.88. The molecule has 116 valence electrons. The lowest BCUT2D eigenvalue weighted by Crippen LogP contribution is -2.23. The molecule has 1 heterocycles. The maximum Gasteiger partial charge on any atom is 0.220 e. The van der Waals surface area contributed by atoms with Crippen LogP contribution in [0.2, 0.25) is 0 Å². The van der Waals surface area contributed by atoms with Gasteiger partial charge in [-0.15, -0.1) is 11.3 Å². The highest BCUT2D eigenvalue weighted by Crippen LogP contribution is 2.22. The number of thiophene rings is 1. The number of ketones is 1. The second kappa shape index (κ2) is 7.31. The molecule has 0 spiro atoms. The van der Waals surface area contributed by atoms with Gasteiger partial charge in [0.25, 0.3) is 0 Å². The highest BCUT2D eigenvalue weighted by Gasteiger charge is 2.13. The van der Waals surface area contributed by atoms with Crippen LogP contribution in [-0.2, 0) is 11.3 Å². The lowest BCUT2D eigenvalue weighted by molar-refractivity contribution is -0.121. The molecule has 0 atom stereocenters. The van der Waals surface area contributed by atoms with Gasteiger partial charge >= 0.3 is 0 Å². The fourth-order valence-electron chi connectivity index (χ4n) is 2.16. The molecule has 2 rings (SSSR count). The van der Waals surface area contributed by atoms with E-state index in [1.54, 1.807) is 23.5 Å². The van der Waals surface area contributed by atoms with Crippen molar-refractivity contribution >= 4 is 23.0 Å². The van der Waals surface area contributed by atoms with Crippen LogP contribution in [-0.4, -0.2) is 11.7 Å². The minimum Gasteiger partial charge on any atom is -0.352 e. The summed E-state index contributed by atoms with van der Waals surface area (Å²) in [5.41, 5.74) is 1.54. The van der Waals surface area contributed by atoms with E-state index in [4.69, 9.17) is 0 Å². The maximum atomic E-state index is 12.8. The summed E-state index contributed by atoms with van der Waals surface area (Å²) in [6, 6.07) is 7.83. The minimum absolute atomic E-state index is 0.00113. The zero-order chi connectivity index (χ0) is 16.1. The van der Waals surface area contributed by atoms with Gasteiger partial charge in [-0.05, 0) is 37.6 Å². The second-order valence-electron chi connectivity index (χ2n) is 5.15. The van der Waals surface area contributed by atoms with Crippen molar-refractivity contribution in [3.05, 3.63) is 57.0 Å². The van der Waals surface area contributed by atoms with E-state index in [1.807, 2.05) is 19.9 Å². The second-order valence-corrected chi connectivity index (χ2v) is 6.61. The first kappa shape index (κ1) is 16.4. The molecule has 0 aliphatic rings. The molecule has 1 aromatic heterocycles. The van der Waals surface area contributed by atoms with Crippen molar-refractivity contribution in [2.75, 3.05) is 0 Å². The average Bonchev–Trinajstić information content (AvgIpc) is 2.83. The van der Waals surface area contributed by atoms with Crippen molar-refractivity contribution in [1.29, 1.82) is 0 Å². The molecule has 3 nitrogen and oxygen atoms in total. The Hall–Kier alpha value is -2.01. The highest BCUT2D eigenvalue weighted by atomic mass is 32.1. The van der Waals surface area contributed by atoms with Crippen LogP contribution in [0, 0.1) is 19.7 Å². The Morgan fingerprint density at radius 1 is 1.14 bits per heavy atom. The summed E-state index contributed by atoms with van der Waals surface area (Å²) >= 11 is 1.59. The van der Waals surface area contributed by atoms with E-state index in [-0.39, 0.29) is 30.3 Å². The fourth-order valence-corrected chi connectivity index (χ4v) is 3.10. The zero-order valence-electron chi connectivity index (χ0n) is 12.6. The van der Waals surface area contributed by atoms with Gasteiger partial charge in [-0.2, -0.15) is 0 Å². The highest BCUT2D eigenvalue weighted by molar-refractivity contribution is 7.12. The third-order valence-electron chi connectivity index (χ3n) is 3.32. The Morgan fingerprint density at radius 2 is 1.82 bits per heavy atom. The van der Waals surface area contributed by atoms with Crippen LogP contribution in [0.15, 0.2) is 30.3 Å². The molecule has 1 amide bonds. The number of Topliss-reactive ketones (excluding diaryl/α,β-unsaturated/α-hetero) is 1. The van der Waals surface area contributed by atoms with Crippen molar-refractivity contribution in [2.45, 2.75) is 33.2 Å². The number of halogens is 1. The molecule has 22 heavy (non-hydrogen) atoms. The molecule has 0 aliphatic carbocycles. The zero-order valence-corrected chi connectivity index (χ0v) is 13.4. The predicted molar refractivity (Wildman–Crippen MR) is 85.6 cm³/mol. The molecule has 0 radical (unpaired) electrons. The Bertz CT molecular complexity index is 676. The van der Waals surface area contributed by atoms with E-state index in [0.29, 0.717) is 12.1 Å². The number of carbonyl (C=O) groups excluding carboxylic acids is 2. The molecular formula is C17H18FNO2S. The molecule has 5 heteroatoms. The van der Waals surface area contributed by atoms with Crippen LogP contribution in [0.3, 0.4) is 0 Å². The molecule has 0 unspecified atom stereocenters.